The Bertz CT molecular complexity index is 542. The van der Waals surface area contributed by atoms with E-state index in [1.807, 2.05) is 4.90 Å². The van der Waals surface area contributed by atoms with Gasteiger partial charge in [-0.1, -0.05) is 18.5 Å². The summed E-state index contributed by atoms with van der Waals surface area (Å²) in [6.45, 7) is 7.46. The van der Waals surface area contributed by atoms with E-state index in [1.165, 1.54) is 0 Å². The molecule has 0 saturated carbocycles. The summed E-state index contributed by atoms with van der Waals surface area (Å²) in [6, 6.07) is 3.40. The minimum Gasteiger partial charge on any atom is -0.486 e. The summed E-state index contributed by atoms with van der Waals surface area (Å²) in [5.41, 5.74) is 0.564. The van der Waals surface area contributed by atoms with Crippen LogP contribution in [0.3, 0.4) is 0 Å². The van der Waals surface area contributed by atoms with E-state index in [-0.39, 0.29) is 5.91 Å². The molecule has 114 valence electrons. The van der Waals surface area contributed by atoms with Gasteiger partial charge in [0, 0.05) is 31.7 Å². The van der Waals surface area contributed by atoms with Gasteiger partial charge < -0.3 is 19.3 Å². The lowest BCUT2D eigenvalue weighted by Crippen LogP contribution is -2.48. The highest BCUT2D eigenvalue weighted by Crippen LogP contribution is 2.38. The minimum absolute atomic E-state index is 0.00428. The standard InChI is InChI=1S/C15H19ClN2O3/c1-2-17-3-5-18(6-4-17)15(19)11-9-12(16)14-13(10-11)20-7-8-21-14/h9-10H,2-8H2,1H3. The molecule has 6 heteroatoms. The number of hydrogen-bond acceptors (Lipinski definition) is 4. The van der Waals surface area contributed by atoms with Gasteiger partial charge in [0.1, 0.15) is 13.2 Å². The van der Waals surface area contributed by atoms with Gasteiger partial charge in [-0.25, -0.2) is 0 Å². The number of rotatable bonds is 2. The van der Waals surface area contributed by atoms with Crippen molar-refractivity contribution in [3.8, 4) is 11.5 Å². The van der Waals surface area contributed by atoms with Gasteiger partial charge in [0.25, 0.3) is 5.91 Å². The zero-order chi connectivity index (χ0) is 14.8. The van der Waals surface area contributed by atoms with E-state index in [1.54, 1.807) is 12.1 Å². The average molecular weight is 311 g/mol. The molecule has 0 radical (unpaired) electrons. The zero-order valence-electron chi connectivity index (χ0n) is 12.1. The smallest absolute Gasteiger partial charge is 0.254 e. The molecule has 0 spiro atoms. The van der Waals surface area contributed by atoms with Crippen LogP contribution in [0.25, 0.3) is 0 Å². The molecule has 0 unspecified atom stereocenters. The molecule has 1 saturated heterocycles. The maximum atomic E-state index is 12.6. The first-order valence-corrected chi connectivity index (χ1v) is 7.67. The molecule has 2 aliphatic heterocycles. The van der Waals surface area contributed by atoms with Crippen LogP contribution in [0.1, 0.15) is 17.3 Å². The van der Waals surface area contributed by atoms with Crippen LogP contribution in [-0.2, 0) is 0 Å². The second-order valence-electron chi connectivity index (χ2n) is 5.21. The maximum Gasteiger partial charge on any atom is 0.254 e. The topological polar surface area (TPSA) is 42.0 Å². The molecule has 2 aliphatic rings. The van der Waals surface area contributed by atoms with E-state index in [0.29, 0.717) is 35.3 Å². The van der Waals surface area contributed by atoms with E-state index < -0.39 is 0 Å². The molecule has 3 rings (SSSR count). The van der Waals surface area contributed by atoms with Crippen molar-refractivity contribution in [2.24, 2.45) is 0 Å². The van der Waals surface area contributed by atoms with Crippen molar-refractivity contribution in [3.05, 3.63) is 22.7 Å². The van der Waals surface area contributed by atoms with Crippen molar-refractivity contribution < 1.29 is 14.3 Å². The molecule has 2 heterocycles. The Labute approximate surface area is 129 Å². The van der Waals surface area contributed by atoms with E-state index in [9.17, 15) is 4.79 Å². The number of benzene rings is 1. The number of amides is 1. The first kappa shape index (κ1) is 14.5. The van der Waals surface area contributed by atoms with Gasteiger partial charge in [0.05, 0.1) is 5.02 Å². The van der Waals surface area contributed by atoms with E-state index in [2.05, 4.69) is 11.8 Å². The fourth-order valence-electron chi connectivity index (χ4n) is 2.68. The second kappa shape index (κ2) is 6.12. The van der Waals surface area contributed by atoms with Gasteiger partial charge in [-0.05, 0) is 18.7 Å². The molecule has 0 bridgehead atoms. The molecule has 0 aliphatic carbocycles. The van der Waals surface area contributed by atoms with E-state index >= 15 is 0 Å². The number of nitrogens with zero attached hydrogens (tertiary/aromatic N) is 2. The molecule has 1 aromatic carbocycles. The van der Waals surface area contributed by atoms with Crippen molar-refractivity contribution in [1.82, 2.24) is 9.80 Å². The largest absolute Gasteiger partial charge is 0.486 e. The Morgan fingerprint density at radius 1 is 1.19 bits per heavy atom. The third kappa shape index (κ3) is 2.94. The van der Waals surface area contributed by atoms with Gasteiger partial charge in [0.2, 0.25) is 0 Å². The first-order chi connectivity index (χ1) is 10.2. The highest BCUT2D eigenvalue weighted by molar-refractivity contribution is 6.32. The van der Waals surface area contributed by atoms with Crippen molar-refractivity contribution in [2.45, 2.75) is 6.92 Å². The van der Waals surface area contributed by atoms with Gasteiger partial charge in [0.15, 0.2) is 11.5 Å². The number of likely N-dealkylation sites (N-methyl/N-ethyl adjacent to an activating group) is 1. The average Bonchev–Trinajstić information content (AvgIpc) is 2.54. The van der Waals surface area contributed by atoms with Crippen LogP contribution >= 0.6 is 11.6 Å². The van der Waals surface area contributed by atoms with Gasteiger partial charge in [-0.15, -0.1) is 0 Å². The lowest BCUT2D eigenvalue weighted by molar-refractivity contribution is 0.0642. The van der Waals surface area contributed by atoms with Crippen LogP contribution < -0.4 is 9.47 Å². The maximum absolute atomic E-state index is 12.6. The third-order valence-electron chi connectivity index (χ3n) is 3.95. The summed E-state index contributed by atoms with van der Waals surface area (Å²) in [5.74, 6) is 1.10. The molecule has 1 fully saturated rings. The quantitative estimate of drug-likeness (QED) is 0.836. The monoisotopic (exact) mass is 310 g/mol. The summed E-state index contributed by atoms with van der Waals surface area (Å²) < 4.78 is 11.0. The number of piperazine rings is 1. The Morgan fingerprint density at radius 2 is 1.90 bits per heavy atom. The molecule has 1 aromatic rings. The lowest BCUT2D eigenvalue weighted by Gasteiger charge is -2.34. The highest BCUT2D eigenvalue weighted by Gasteiger charge is 2.24. The highest BCUT2D eigenvalue weighted by atomic mass is 35.5. The number of carbonyl (C=O) groups excluding carboxylic acids is 1. The molecule has 5 nitrogen and oxygen atoms in total. The molecular weight excluding hydrogens is 292 g/mol. The van der Waals surface area contributed by atoms with Crippen LogP contribution in [0.2, 0.25) is 5.02 Å². The van der Waals surface area contributed by atoms with Crippen molar-refractivity contribution in [1.29, 1.82) is 0 Å². The number of carbonyl (C=O) groups is 1. The fraction of sp³-hybridized carbons (Fsp3) is 0.533. The van der Waals surface area contributed by atoms with E-state index in [4.69, 9.17) is 21.1 Å². The third-order valence-corrected chi connectivity index (χ3v) is 4.23. The Kier molecular flexibility index (Phi) is 4.22. The van der Waals surface area contributed by atoms with Gasteiger partial charge in [-0.3, -0.25) is 4.79 Å². The summed E-state index contributed by atoms with van der Waals surface area (Å²) in [5, 5.41) is 0.433. The van der Waals surface area contributed by atoms with Crippen LogP contribution in [0.5, 0.6) is 11.5 Å². The van der Waals surface area contributed by atoms with Gasteiger partial charge in [-0.2, -0.15) is 0 Å². The minimum atomic E-state index is 0.00428. The molecule has 21 heavy (non-hydrogen) atoms. The Morgan fingerprint density at radius 3 is 2.62 bits per heavy atom. The summed E-state index contributed by atoms with van der Waals surface area (Å²) in [7, 11) is 0. The number of halogens is 1. The molecular formula is C15H19ClN2O3. The number of fused-ring (bicyclic) bond motifs is 1. The normalized spacial score (nSPS) is 18.7. The molecule has 0 N–H and O–H groups in total. The Hall–Kier alpha value is -1.46. The Balaban J connectivity index is 1.77. The number of ether oxygens (including phenoxy) is 2. The van der Waals surface area contributed by atoms with Crippen LogP contribution in [0, 0.1) is 0 Å². The van der Waals surface area contributed by atoms with Crippen molar-refractivity contribution >= 4 is 17.5 Å². The molecule has 1 amide bonds. The SMILES string of the molecule is CCN1CCN(C(=O)c2cc(Cl)c3c(c2)OCCO3)CC1. The predicted octanol–water partition coefficient (Wildman–Crippen LogP) is 1.89. The lowest BCUT2D eigenvalue weighted by atomic mass is 10.1. The first-order valence-electron chi connectivity index (χ1n) is 7.30. The number of hydrogen-bond donors (Lipinski definition) is 0. The summed E-state index contributed by atoms with van der Waals surface area (Å²) in [4.78, 5) is 16.8. The zero-order valence-corrected chi connectivity index (χ0v) is 12.9. The summed E-state index contributed by atoms with van der Waals surface area (Å²) in [6.07, 6.45) is 0. The van der Waals surface area contributed by atoms with Crippen molar-refractivity contribution in [3.63, 3.8) is 0 Å². The summed E-state index contributed by atoms with van der Waals surface area (Å²) >= 11 is 6.19. The van der Waals surface area contributed by atoms with E-state index in [0.717, 1.165) is 32.7 Å². The second-order valence-corrected chi connectivity index (χ2v) is 5.62. The molecule has 0 atom stereocenters. The molecule has 0 aromatic heterocycles. The van der Waals surface area contributed by atoms with Gasteiger partial charge >= 0.3 is 0 Å². The predicted molar refractivity (Wildman–Crippen MR) is 80.5 cm³/mol. The van der Waals surface area contributed by atoms with Crippen LogP contribution in [0.15, 0.2) is 12.1 Å². The van der Waals surface area contributed by atoms with Crippen LogP contribution in [0.4, 0.5) is 0 Å². The van der Waals surface area contributed by atoms with Crippen LogP contribution in [-0.4, -0.2) is 61.6 Å². The fourth-order valence-corrected chi connectivity index (χ4v) is 2.95. The van der Waals surface area contributed by atoms with Crippen molar-refractivity contribution in [2.75, 3.05) is 45.9 Å².